The summed E-state index contributed by atoms with van der Waals surface area (Å²) in [6.45, 7) is 3.94. The number of benzene rings is 1. The number of likely N-dealkylation sites (N-methyl/N-ethyl adjacent to an activating group) is 1. The van der Waals surface area contributed by atoms with Crippen LogP contribution in [0, 0.1) is 16.7 Å². The lowest BCUT2D eigenvalue weighted by Gasteiger charge is -2.41. The van der Waals surface area contributed by atoms with Crippen molar-refractivity contribution in [2.24, 2.45) is 11.1 Å². The molecule has 1 aromatic rings. The van der Waals surface area contributed by atoms with Gasteiger partial charge in [0.25, 0.3) is 0 Å². The van der Waals surface area contributed by atoms with Crippen molar-refractivity contribution in [3.63, 3.8) is 0 Å². The van der Waals surface area contributed by atoms with Crippen molar-refractivity contribution >= 4 is 33.3 Å². The Balaban J connectivity index is 2.13. The lowest BCUT2D eigenvalue weighted by molar-refractivity contribution is -0.125. The molecule has 138 valence electrons. The number of carbonyl (C=O) groups excluding carboxylic acids is 2. The first-order chi connectivity index (χ1) is 12.6. The van der Waals surface area contributed by atoms with Gasteiger partial charge in [-0.15, -0.1) is 0 Å². The van der Waals surface area contributed by atoms with Gasteiger partial charge in [0.05, 0.1) is 5.57 Å². The molecule has 0 aromatic heterocycles. The fraction of sp³-hybridized carbons (Fsp3) is 0.350. The van der Waals surface area contributed by atoms with Crippen LogP contribution in [-0.4, -0.2) is 18.7 Å². The van der Waals surface area contributed by atoms with Crippen molar-refractivity contribution in [3.05, 3.63) is 51.0 Å². The Labute approximate surface area is 165 Å². The van der Waals surface area contributed by atoms with Crippen molar-refractivity contribution in [2.45, 2.75) is 32.1 Å². The highest BCUT2D eigenvalue weighted by atomic mass is 79.9. The number of ether oxygens (including phenoxy) is 1. The van der Waals surface area contributed by atoms with E-state index in [2.05, 4.69) is 22.0 Å². The van der Waals surface area contributed by atoms with Crippen molar-refractivity contribution < 1.29 is 14.3 Å². The van der Waals surface area contributed by atoms with Gasteiger partial charge in [-0.25, -0.2) is 0 Å². The molecule has 1 atom stereocenters. The van der Waals surface area contributed by atoms with E-state index in [-0.39, 0.29) is 40.6 Å². The van der Waals surface area contributed by atoms with E-state index >= 15 is 0 Å². The molecule has 0 saturated carbocycles. The van der Waals surface area contributed by atoms with Crippen LogP contribution in [0.5, 0.6) is 0 Å². The maximum Gasteiger partial charge on any atom is 0.247 e. The lowest BCUT2D eigenvalue weighted by Crippen LogP contribution is -2.49. The summed E-state index contributed by atoms with van der Waals surface area (Å²) < 4.78 is 6.47. The summed E-state index contributed by atoms with van der Waals surface area (Å²) in [5, 5.41) is 9.88. The number of hydrogen-bond donors (Lipinski definition) is 1. The smallest absolute Gasteiger partial charge is 0.247 e. The second-order valence-corrected chi connectivity index (χ2v) is 8.88. The number of anilines is 1. The summed E-state index contributed by atoms with van der Waals surface area (Å²) in [4.78, 5) is 28.3. The number of hydrogen-bond acceptors (Lipinski definition) is 5. The van der Waals surface area contributed by atoms with Gasteiger partial charge in [-0.3, -0.25) is 9.59 Å². The summed E-state index contributed by atoms with van der Waals surface area (Å²) in [6, 6.07) is 7.45. The van der Waals surface area contributed by atoms with Crippen LogP contribution in [0.2, 0.25) is 0 Å². The molecule has 0 radical (unpaired) electrons. The largest absolute Gasteiger partial charge is 0.444 e. The van der Waals surface area contributed by atoms with Crippen LogP contribution in [0.4, 0.5) is 5.69 Å². The SMILES string of the molecule is CN1C(=O)[C@@]2(C(C#N)=C(N)OC3=C2C(=O)CC(C)(C)C3)c2cc(Br)ccc21. The highest BCUT2D eigenvalue weighted by Gasteiger charge is 2.62. The van der Waals surface area contributed by atoms with E-state index in [1.807, 2.05) is 19.9 Å². The quantitative estimate of drug-likeness (QED) is 0.685. The highest BCUT2D eigenvalue weighted by Crippen LogP contribution is 2.57. The molecule has 1 aromatic carbocycles. The number of amides is 1. The van der Waals surface area contributed by atoms with Gasteiger partial charge in [-0.1, -0.05) is 29.8 Å². The van der Waals surface area contributed by atoms with Gasteiger partial charge in [0, 0.05) is 35.6 Å². The first kappa shape index (κ1) is 17.8. The molecule has 2 aliphatic heterocycles. The zero-order valence-corrected chi connectivity index (χ0v) is 16.8. The molecule has 6 nitrogen and oxygen atoms in total. The average molecular weight is 428 g/mol. The molecule has 7 heteroatoms. The second kappa shape index (κ2) is 5.46. The maximum atomic E-state index is 13.6. The number of halogens is 1. The van der Waals surface area contributed by atoms with Crippen molar-refractivity contribution in [2.75, 3.05) is 11.9 Å². The van der Waals surface area contributed by atoms with Gasteiger partial charge in [-0.2, -0.15) is 5.26 Å². The molecule has 4 rings (SSSR count). The Morgan fingerprint density at radius 1 is 1.30 bits per heavy atom. The number of allylic oxidation sites excluding steroid dienone is 1. The van der Waals surface area contributed by atoms with Crippen LogP contribution in [0.1, 0.15) is 32.3 Å². The van der Waals surface area contributed by atoms with Crippen LogP contribution >= 0.6 is 15.9 Å². The lowest BCUT2D eigenvalue weighted by atomic mass is 9.62. The van der Waals surface area contributed by atoms with E-state index in [1.54, 1.807) is 19.2 Å². The van der Waals surface area contributed by atoms with E-state index < -0.39 is 5.41 Å². The summed E-state index contributed by atoms with van der Waals surface area (Å²) >= 11 is 3.44. The predicted octanol–water partition coefficient (Wildman–Crippen LogP) is 3.03. The molecular formula is C20H18BrN3O3. The van der Waals surface area contributed by atoms with Crippen LogP contribution in [0.15, 0.2) is 45.5 Å². The minimum Gasteiger partial charge on any atom is -0.444 e. The van der Waals surface area contributed by atoms with E-state index in [0.717, 1.165) is 4.47 Å². The number of nitrogens with zero attached hydrogens (tertiary/aromatic N) is 2. The van der Waals surface area contributed by atoms with Crippen LogP contribution in [-0.2, 0) is 19.7 Å². The molecule has 2 heterocycles. The van der Waals surface area contributed by atoms with E-state index in [4.69, 9.17) is 10.5 Å². The van der Waals surface area contributed by atoms with Gasteiger partial charge in [0.15, 0.2) is 5.78 Å². The Kier molecular flexibility index (Phi) is 3.60. The van der Waals surface area contributed by atoms with E-state index in [1.165, 1.54) is 4.90 Å². The Morgan fingerprint density at radius 2 is 2.00 bits per heavy atom. The molecule has 0 unspecified atom stereocenters. The molecule has 0 bridgehead atoms. The average Bonchev–Trinajstić information content (AvgIpc) is 2.76. The molecular weight excluding hydrogens is 410 g/mol. The third-order valence-electron chi connectivity index (χ3n) is 5.53. The summed E-state index contributed by atoms with van der Waals surface area (Å²) in [6.07, 6.45) is 0.742. The van der Waals surface area contributed by atoms with Crippen molar-refractivity contribution in [3.8, 4) is 6.07 Å². The fourth-order valence-electron chi connectivity index (χ4n) is 4.46. The molecule has 0 saturated heterocycles. The number of nitriles is 1. The summed E-state index contributed by atoms with van der Waals surface area (Å²) in [5.74, 6) is -0.270. The Morgan fingerprint density at radius 3 is 2.67 bits per heavy atom. The number of carbonyl (C=O) groups is 2. The fourth-order valence-corrected chi connectivity index (χ4v) is 4.82. The molecule has 2 N–H and O–H groups in total. The molecule has 3 aliphatic rings. The van der Waals surface area contributed by atoms with Crippen LogP contribution in [0.25, 0.3) is 0 Å². The highest BCUT2D eigenvalue weighted by molar-refractivity contribution is 9.10. The van der Waals surface area contributed by atoms with Gasteiger partial charge in [-0.05, 0) is 23.6 Å². The first-order valence-electron chi connectivity index (χ1n) is 8.56. The zero-order chi connectivity index (χ0) is 19.7. The topological polar surface area (TPSA) is 96.4 Å². The predicted molar refractivity (Wildman–Crippen MR) is 102 cm³/mol. The van der Waals surface area contributed by atoms with Gasteiger partial charge >= 0.3 is 0 Å². The Bertz CT molecular complexity index is 1030. The molecule has 1 spiro atoms. The van der Waals surface area contributed by atoms with Gasteiger partial charge in [0.1, 0.15) is 22.8 Å². The third kappa shape index (κ3) is 2.16. The summed E-state index contributed by atoms with van der Waals surface area (Å²) in [7, 11) is 1.64. The van der Waals surface area contributed by atoms with Crippen LogP contribution < -0.4 is 10.6 Å². The molecule has 1 amide bonds. The summed E-state index contributed by atoms with van der Waals surface area (Å²) in [5.41, 5.74) is 5.69. The van der Waals surface area contributed by atoms with Gasteiger partial charge < -0.3 is 15.4 Å². The molecule has 27 heavy (non-hydrogen) atoms. The normalized spacial score (nSPS) is 26.1. The Hall–Kier alpha value is -2.59. The standard InChI is InChI=1S/C20H18BrN3O3/c1-19(2)7-14(25)16-15(8-19)27-17(23)12(9-22)20(16)11-6-10(21)4-5-13(11)24(3)18(20)26/h4-6H,7-8,23H2,1-3H3/t20-/m1/s1. The second-order valence-electron chi connectivity index (χ2n) is 7.97. The number of ketones is 1. The minimum absolute atomic E-state index is 0.0250. The van der Waals surface area contributed by atoms with E-state index in [9.17, 15) is 14.9 Å². The number of nitrogens with two attached hydrogens (primary N) is 1. The maximum absolute atomic E-state index is 13.6. The number of rotatable bonds is 0. The van der Waals surface area contributed by atoms with Crippen molar-refractivity contribution in [1.29, 1.82) is 5.26 Å². The monoisotopic (exact) mass is 427 g/mol. The van der Waals surface area contributed by atoms with Crippen LogP contribution in [0.3, 0.4) is 0 Å². The zero-order valence-electron chi connectivity index (χ0n) is 15.2. The number of fused-ring (bicyclic) bond motifs is 3. The third-order valence-corrected chi connectivity index (χ3v) is 6.02. The number of Topliss-reactive ketones (excluding diaryl/α,β-unsaturated/α-hetero) is 1. The molecule has 1 aliphatic carbocycles. The van der Waals surface area contributed by atoms with Crippen molar-refractivity contribution in [1.82, 2.24) is 0 Å². The van der Waals surface area contributed by atoms with Gasteiger partial charge in [0.2, 0.25) is 11.8 Å². The first-order valence-corrected chi connectivity index (χ1v) is 9.36. The molecule has 0 fully saturated rings. The van der Waals surface area contributed by atoms with E-state index in [0.29, 0.717) is 23.4 Å². The minimum atomic E-state index is -1.55.